The van der Waals surface area contributed by atoms with E-state index >= 15 is 0 Å². The second-order valence-electron chi connectivity index (χ2n) is 11.9. The third-order valence-corrected chi connectivity index (χ3v) is 7.58. The minimum atomic E-state index is -1.21. The average molecular weight is 836 g/mol. The molecule has 1 aliphatic heterocycles. The van der Waals surface area contributed by atoms with E-state index in [9.17, 15) is 18.4 Å². The summed E-state index contributed by atoms with van der Waals surface area (Å²) in [5.41, 5.74) is 6.81. The van der Waals surface area contributed by atoms with Crippen LogP contribution in [0.25, 0.3) is 0 Å². The normalized spacial score (nSPS) is 11.4. The molecule has 0 radical (unpaired) electrons. The van der Waals surface area contributed by atoms with Crippen LogP contribution in [0.1, 0.15) is 69.4 Å². The number of terminal acetylenes is 2. The molecule has 5 rings (SSSR count). The molecule has 2 aliphatic carbocycles. The maximum atomic E-state index is 14.0. The summed E-state index contributed by atoms with van der Waals surface area (Å²) in [4.78, 5) is 36.1. The van der Waals surface area contributed by atoms with E-state index < -0.39 is 23.5 Å². The summed E-state index contributed by atoms with van der Waals surface area (Å²) in [6.07, 6.45) is 18.6. The van der Waals surface area contributed by atoms with Crippen molar-refractivity contribution in [3.05, 3.63) is 58.7 Å². The average Bonchev–Trinajstić information content (AvgIpc) is 4.23. The van der Waals surface area contributed by atoms with E-state index in [0.717, 1.165) is 38.1 Å². The second kappa shape index (κ2) is 29.2. The molecule has 0 unspecified atom stereocenters. The molecule has 9 nitrogen and oxygen atoms in total. The summed E-state index contributed by atoms with van der Waals surface area (Å²) in [7, 11) is 0. The molecular formula is C53H27F2N5O4. The van der Waals surface area contributed by atoms with Gasteiger partial charge in [0.15, 0.2) is 17.6 Å². The van der Waals surface area contributed by atoms with Gasteiger partial charge in [-0.25, -0.2) is 13.6 Å². The van der Waals surface area contributed by atoms with E-state index in [0.29, 0.717) is 37.4 Å². The molecule has 3 heterocycles. The molecule has 0 bridgehead atoms. The minimum absolute atomic E-state index is 0.00343. The van der Waals surface area contributed by atoms with Gasteiger partial charge in [0, 0.05) is 96.5 Å². The zero-order chi connectivity index (χ0) is 46.0. The molecule has 0 spiro atoms. The van der Waals surface area contributed by atoms with Crippen LogP contribution in [0, 0.1) is 190 Å². The van der Waals surface area contributed by atoms with Crippen molar-refractivity contribution in [1.29, 1.82) is 0 Å². The molecule has 3 aliphatic rings. The summed E-state index contributed by atoms with van der Waals surface area (Å²) in [6.45, 7) is 2.25. The van der Waals surface area contributed by atoms with Gasteiger partial charge in [-0.15, -0.1) is 12.8 Å². The van der Waals surface area contributed by atoms with Gasteiger partial charge in [0.2, 0.25) is 0 Å². The Morgan fingerprint density at radius 2 is 0.891 bits per heavy atom. The molecule has 11 heteroatoms. The molecule has 1 amide bonds. The van der Waals surface area contributed by atoms with Gasteiger partial charge in [-0.1, -0.05) is 0 Å². The van der Waals surface area contributed by atoms with Crippen molar-refractivity contribution < 1.29 is 28.2 Å². The van der Waals surface area contributed by atoms with Gasteiger partial charge >= 0.3 is 5.97 Å². The number of aromatic nitrogens is 2. The number of amides is 1. The summed E-state index contributed by atoms with van der Waals surface area (Å²) in [5, 5.41) is 8.76. The standard InChI is InChI=1S/C30H2.C14H17FN4O2.C9H8FNO2/c1-3-5-7-9-11-13-15-17-19-21-23-25-27-29-30-28-26-24-22-20-18-16-14-12-10-8-6-4-2;15-11-8-17-7-10(9-1-2-9)12(11)13(20)18-14(16)19-3-5-21-6-4-19;10-7-4-11-3-6(5-1-2-5)8(7)9(12)13/h1-2H;7-9H,1-6H2,(H2,16,18,20);3-5H,1-2H2,(H,12,13). The first-order valence-electron chi connectivity index (χ1n) is 18.4. The maximum Gasteiger partial charge on any atom is 0.339 e. The van der Waals surface area contributed by atoms with Gasteiger partial charge in [0.1, 0.15) is 5.56 Å². The molecule has 3 fully saturated rings. The van der Waals surface area contributed by atoms with Crippen molar-refractivity contribution in [2.24, 2.45) is 10.7 Å². The lowest BCUT2D eigenvalue weighted by Gasteiger charge is -2.27. The number of hydrogen-bond donors (Lipinski definition) is 2. The van der Waals surface area contributed by atoms with Crippen LogP contribution in [0.2, 0.25) is 0 Å². The van der Waals surface area contributed by atoms with E-state index in [1.807, 2.05) is 0 Å². The number of hydrogen-bond acceptors (Lipinski definition) is 5. The van der Waals surface area contributed by atoms with Crippen molar-refractivity contribution >= 4 is 17.8 Å². The number of carbonyl (C=O) groups is 2. The fourth-order valence-corrected chi connectivity index (χ4v) is 4.60. The highest BCUT2D eigenvalue weighted by atomic mass is 19.1. The molecule has 0 aromatic carbocycles. The number of halogens is 2. The number of morpholine rings is 1. The topological polar surface area (TPSA) is 131 Å². The van der Waals surface area contributed by atoms with Crippen molar-refractivity contribution in [2.45, 2.75) is 37.5 Å². The molecule has 2 aromatic rings. The van der Waals surface area contributed by atoms with Gasteiger partial charge in [-0.3, -0.25) is 14.8 Å². The number of carbonyl (C=O) groups excluding carboxylic acids is 1. The lowest BCUT2D eigenvalue weighted by molar-refractivity contribution is 0.0671. The molecule has 302 valence electrons. The third-order valence-electron chi connectivity index (χ3n) is 7.58. The quantitative estimate of drug-likeness (QED) is 0.274. The molecule has 2 saturated carbocycles. The third kappa shape index (κ3) is 19.6. The van der Waals surface area contributed by atoms with Crippen LogP contribution >= 0.6 is 0 Å². The Morgan fingerprint density at radius 1 is 0.578 bits per heavy atom. The highest BCUT2D eigenvalue weighted by Gasteiger charge is 2.31. The number of ether oxygens (including phenoxy) is 1. The molecule has 1 saturated heterocycles. The van der Waals surface area contributed by atoms with Crippen LogP contribution in [0.15, 0.2) is 29.8 Å². The number of carboxylic acid groups (broad SMARTS) is 1. The second-order valence-corrected chi connectivity index (χ2v) is 11.9. The number of nitrogens with zero attached hydrogens (tertiary/aromatic N) is 4. The van der Waals surface area contributed by atoms with Crippen LogP contribution in [-0.2, 0) is 4.74 Å². The molecular weight excluding hydrogens is 809 g/mol. The van der Waals surface area contributed by atoms with E-state index in [1.165, 1.54) is 6.20 Å². The van der Waals surface area contributed by atoms with Crippen molar-refractivity contribution in [3.63, 3.8) is 0 Å². The molecule has 2 aromatic heterocycles. The fourth-order valence-electron chi connectivity index (χ4n) is 4.60. The summed E-state index contributed by atoms with van der Waals surface area (Å²) >= 11 is 0. The van der Waals surface area contributed by atoms with Crippen LogP contribution in [0.4, 0.5) is 8.78 Å². The predicted octanol–water partition coefficient (Wildman–Crippen LogP) is 2.98. The van der Waals surface area contributed by atoms with E-state index in [4.69, 9.17) is 28.4 Å². The van der Waals surface area contributed by atoms with Gasteiger partial charge in [-0.2, -0.15) is 4.99 Å². The first-order chi connectivity index (χ1) is 31.3. The van der Waals surface area contributed by atoms with Crippen molar-refractivity contribution in [1.82, 2.24) is 14.9 Å². The fraction of sp³-hybridized carbons (Fsp3) is 0.189. The Hall–Kier alpha value is -10.1. The largest absolute Gasteiger partial charge is 0.478 e. The predicted molar refractivity (Wildman–Crippen MR) is 236 cm³/mol. The minimum Gasteiger partial charge on any atom is -0.478 e. The highest BCUT2D eigenvalue weighted by molar-refractivity contribution is 6.03. The first-order valence-corrected chi connectivity index (χ1v) is 18.4. The van der Waals surface area contributed by atoms with Crippen LogP contribution < -0.4 is 5.73 Å². The van der Waals surface area contributed by atoms with Gasteiger partial charge < -0.3 is 20.5 Å². The number of aliphatic imine (C=N–C) groups is 1. The Kier molecular flexibility index (Phi) is 22.0. The molecule has 0 atom stereocenters. The van der Waals surface area contributed by atoms with Crippen molar-refractivity contribution in [2.75, 3.05) is 26.3 Å². The zero-order valence-electron chi connectivity index (χ0n) is 33.6. The number of guanidine groups is 1. The molecule has 3 N–H and O–H groups in total. The summed E-state index contributed by atoms with van der Waals surface area (Å²) < 4.78 is 32.2. The van der Waals surface area contributed by atoms with E-state index in [2.05, 4.69) is 181 Å². The van der Waals surface area contributed by atoms with Gasteiger partial charge in [-0.05, 0) is 143 Å². The van der Waals surface area contributed by atoms with Crippen LogP contribution in [0.3, 0.4) is 0 Å². The number of rotatable bonds is 4. The maximum absolute atomic E-state index is 14.0. The Balaban J connectivity index is 0.000000274. The summed E-state index contributed by atoms with van der Waals surface area (Å²) in [5.74, 6) is 65.5. The Labute approximate surface area is 371 Å². The van der Waals surface area contributed by atoms with Crippen LogP contribution in [0.5, 0.6) is 0 Å². The number of aromatic carboxylic acids is 1. The number of pyridine rings is 2. The van der Waals surface area contributed by atoms with E-state index in [-0.39, 0.29) is 28.9 Å². The lowest BCUT2D eigenvalue weighted by atomic mass is 10.1. The Morgan fingerprint density at radius 3 is 1.20 bits per heavy atom. The zero-order valence-corrected chi connectivity index (χ0v) is 33.6. The van der Waals surface area contributed by atoms with Gasteiger partial charge in [0.25, 0.3) is 5.91 Å². The molecule has 64 heavy (non-hydrogen) atoms. The number of carboxylic acids is 1. The van der Waals surface area contributed by atoms with Crippen LogP contribution in [-0.4, -0.2) is 64.1 Å². The SMILES string of the molecule is C#CC#CC#CC#CC#CC#CC#CC#CC#CC#CC#CC#CC#CC#CC#C.NC(=NC(=O)c1c(F)cncc1C1CC1)N1CCOCC1.O=C(O)c1c(F)cncc1C1CC1. The summed E-state index contributed by atoms with van der Waals surface area (Å²) in [6, 6.07) is 0. The number of nitrogens with two attached hydrogens (primary N) is 1. The Bertz CT molecular complexity index is 3020. The smallest absolute Gasteiger partial charge is 0.339 e. The van der Waals surface area contributed by atoms with Crippen molar-refractivity contribution in [3.8, 4) is 179 Å². The lowest BCUT2D eigenvalue weighted by Crippen LogP contribution is -2.45. The van der Waals surface area contributed by atoms with E-state index in [1.54, 1.807) is 11.1 Å². The monoisotopic (exact) mass is 835 g/mol. The first kappa shape index (κ1) is 48.3. The highest BCUT2D eigenvalue weighted by Crippen LogP contribution is 2.42. The van der Waals surface area contributed by atoms with Gasteiger partial charge in [0.05, 0.1) is 31.2 Å².